The molecule has 2 saturated carbocycles. The van der Waals surface area contributed by atoms with E-state index in [0.717, 1.165) is 25.7 Å². The molecule has 7 nitrogen and oxygen atoms in total. The average Bonchev–Trinajstić information content (AvgIpc) is 2.85. The number of pyridine rings is 1. The predicted octanol–water partition coefficient (Wildman–Crippen LogP) is 4.99. The molecule has 0 unspecified atom stereocenters. The second kappa shape index (κ2) is 12.9. The van der Waals surface area contributed by atoms with Crippen molar-refractivity contribution in [2.24, 2.45) is 23.7 Å². The number of ether oxygens (including phenoxy) is 1. The summed E-state index contributed by atoms with van der Waals surface area (Å²) in [4.78, 5) is 43.0. The molecule has 0 saturated heterocycles. The highest BCUT2D eigenvalue weighted by Gasteiger charge is 2.32. The second-order valence-electron chi connectivity index (χ2n) is 10.9. The van der Waals surface area contributed by atoms with Crippen molar-refractivity contribution >= 4 is 29.5 Å². The van der Waals surface area contributed by atoms with Crippen LogP contribution in [0.2, 0.25) is 0 Å². The Morgan fingerprint density at radius 2 is 1.47 bits per heavy atom. The Kier molecular flexibility index (Phi) is 10.2. The van der Waals surface area contributed by atoms with Crippen molar-refractivity contribution < 1.29 is 19.1 Å². The fourth-order valence-electron chi connectivity index (χ4n) is 5.31. The van der Waals surface area contributed by atoms with Crippen LogP contribution in [0.25, 0.3) is 0 Å². The van der Waals surface area contributed by atoms with E-state index in [4.69, 9.17) is 4.74 Å². The zero-order valence-electron chi connectivity index (χ0n) is 22.6. The maximum atomic E-state index is 13.0. The van der Waals surface area contributed by atoms with Crippen molar-refractivity contribution in [2.75, 3.05) is 0 Å². The zero-order chi connectivity index (χ0) is 26.4. The van der Waals surface area contributed by atoms with Gasteiger partial charge in [0.05, 0.1) is 10.8 Å². The van der Waals surface area contributed by atoms with Crippen molar-refractivity contribution in [1.82, 2.24) is 15.6 Å². The summed E-state index contributed by atoms with van der Waals surface area (Å²) in [5, 5.41) is 6.28. The lowest BCUT2D eigenvalue weighted by molar-refractivity contribution is -0.130. The monoisotopic (exact) mass is 517 g/mol. The number of nitrogens with one attached hydrogen (secondary N) is 2. The number of hydrogen-bond acceptors (Lipinski definition) is 6. The van der Waals surface area contributed by atoms with Crippen LogP contribution in [0.1, 0.15) is 90.4 Å². The first-order valence-corrected chi connectivity index (χ1v) is 14.4. The van der Waals surface area contributed by atoms with Gasteiger partial charge < -0.3 is 15.4 Å². The summed E-state index contributed by atoms with van der Waals surface area (Å²) in [7, 11) is 0. The Bertz CT molecular complexity index is 926. The van der Waals surface area contributed by atoms with Crippen molar-refractivity contribution in [3.05, 3.63) is 23.9 Å². The minimum Gasteiger partial charge on any atom is -0.449 e. The lowest BCUT2D eigenvalue weighted by Gasteiger charge is -2.35. The third kappa shape index (κ3) is 7.24. The molecule has 2 fully saturated rings. The van der Waals surface area contributed by atoms with Gasteiger partial charge in [-0.25, -0.2) is 9.78 Å². The van der Waals surface area contributed by atoms with Crippen LogP contribution in [0.15, 0.2) is 23.4 Å². The summed E-state index contributed by atoms with van der Waals surface area (Å²) in [6.07, 6.45) is 7.20. The lowest BCUT2D eigenvalue weighted by Crippen LogP contribution is -2.47. The zero-order valence-corrected chi connectivity index (χ0v) is 23.4. The molecule has 3 rings (SSSR count). The number of aromatic nitrogens is 1. The van der Waals surface area contributed by atoms with Gasteiger partial charge in [-0.1, -0.05) is 65.1 Å². The van der Waals surface area contributed by atoms with Crippen LogP contribution in [-0.2, 0) is 14.3 Å². The highest BCUT2D eigenvalue weighted by atomic mass is 32.2. The molecule has 0 spiro atoms. The Morgan fingerprint density at radius 3 is 2.06 bits per heavy atom. The summed E-state index contributed by atoms with van der Waals surface area (Å²) >= 11 is 1.24. The molecule has 8 atom stereocenters. The third-order valence-corrected chi connectivity index (χ3v) is 9.49. The first-order chi connectivity index (χ1) is 17.1. The molecule has 0 aromatic carbocycles. The van der Waals surface area contributed by atoms with E-state index in [9.17, 15) is 14.4 Å². The predicted molar refractivity (Wildman–Crippen MR) is 143 cm³/mol. The Balaban J connectivity index is 1.58. The average molecular weight is 518 g/mol. The molecule has 200 valence electrons. The van der Waals surface area contributed by atoms with E-state index in [1.807, 2.05) is 6.92 Å². The van der Waals surface area contributed by atoms with Crippen LogP contribution in [0.5, 0.6) is 0 Å². The molecule has 2 aliphatic rings. The SMILES string of the molecule is C[C@H]1[C@@H](C)CCC[C@H]1NC(=O)[C@H](C)OC(=O)c1cccnc1S[C@H](C)C(=O)N[C@@H]1CCC[C@H](C)[C@@H]1C. The van der Waals surface area contributed by atoms with Gasteiger partial charge in [0.25, 0.3) is 5.91 Å². The summed E-state index contributed by atoms with van der Waals surface area (Å²) in [5.41, 5.74) is 0.265. The first kappa shape index (κ1) is 28.5. The van der Waals surface area contributed by atoms with Gasteiger partial charge in [0.15, 0.2) is 6.10 Å². The van der Waals surface area contributed by atoms with Gasteiger partial charge in [0.2, 0.25) is 5.91 Å². The number of thioether (sulfide) groups is 1. The highest BCUT2D eigenvalue weighted by Crippen LogP contribution is 2.31. The Hall–Kier alpha value is -2.09. The first-order valence-electron chi connectivity index (χ1n) is 13.5. The van der Waals surface area contributed by atoms with Crippen molar-refractivity contribution in [1.29, 1.82) is 0 Å². The maximum absolute atomic E-state index is 13.0. The van der Waals surface area contributed by atoms with Gasteiger partial charge in [-0.15, -0.1) is 0 Å². The molecule has 0 bridgehead atoms. The Morgan fingerprint density at radius 1 is 0.917 bits per heavy atom. The molecule has 0 aliphatic heterocycles. The molecule has 2 aliphatic carbocycles. The molecular weight excluding hydrogens is 474 g/mol. The molecular formula is C28H43N3O4S. The second-order valence-corrected chi connectivity index (χ2v) is 12.3. The maximum Gasteiger partial charge on any atom is 0.341 e. The van der Waals surface area contributed by atoms with Gasteiger partial charge in [-0.3, -0.25) is 9.59 Å². The normalized spacial score (nSPS) is 30.1. The number of nitrogens with zero attached hydrogens (tertiary/aromatic N) is 1. The van der Waals surface area contributed by atoms with Crippen molar-refractivity contribution in [3.63, 3.8) is 0 Å². The highest BCUT2D eigenvalue weighted by molar-refractivity contribution is 8.00. The van der Waals surface area contributed by atoms with Crippen LogP contribution in [-0.4, -0.2) is 46.2 Å². The van der Waals surface area contributed by atoms with Crippen LogP contribution in [0, 0.1) is 23.7 Å². The summed E-state index contributed by atoms with van der Waals surface area (Å²) in [5.74, 6) is 1.03. The number of esters is 1. The van der Waals surface area contributed by atoms with Crippen molar-refractivity contribution in [2.45, 2.75) is 109 Å². The minimum atomic E-state index is -0.921. The number of hydrogen-bond donors (Lipinski definition) is 2. The molecule has 0 radical (unpaired) electrons. The number of rotatable bonds is 8. The Labute approximate surface area is 220 Å². The van der Waals surface area contributed by atoms with E-state index in [1.54, 1.807) is 25.3 Å². The fourth-order valence-corrected chi connectivity index (χ4v) is 6.22. The van der Waals surface area contributed by atoms with Crippen LogP contribution in [0.4, 0.5) is 0 Å². The standard InChI is InChI=1S/C28H43N3O4S/c1-16-10-7-13-23(18(16)3)30-25(32)20(5)35-28(34)22-12-9-15-29-27(22)36-21(6)26(33)31-24-14-8-11-17(2)19(24)4/h9,12,15-21,23-24H,7-8,10-11,13-14H2,1-6H3,(H,30,32)(H,31,33)/t16-,17-,18-,19-,20-,21+,23+,24+/m0/s1. The van der Waals surface area contributed by atoms with E-state index in [1.165, 1.54) is 24.6 Å². The quantitative estimate of drug-likeness (QED) is 0.372. The molecule has 1 aromatic heterocycles. The molecule has 1 aromatic rings. The molecule has 1 heterocycles. The molecule has 2 N–H and O–H groups in total. The molecule has 2 amide bonds. The van der Waals surface area contributed by atoms with Gasteiger partial charge in [0, 0.05) is 18.3 Å². The summed E-state index contributed by atoms with van der Waals surface area (Å²) in [6, 6.07) is 3.56. The minimum absolute atomic E-state index is 0.0560. The lowest BCUT2D eigenvalue weighted by atomic mass is 9.78. The van der Waals surface area contributed by atoms with Crippen LogP contribution >= 0.6 is 11.8 Å². The van der Waals surface area contributed by atoms with Gasteiger partial charge >= 0.3 is 5.97 Å². The summed E-state index contributed by atoms with van der Waals surface area (Å²) in [6.45, 7) is 12.2. The molecule has 8 heteroatoms. The van der Waals surface area contributed by atoms with Gasteiger partial charge in [-0.2, -0.15) is 0 Å². The van der Waals surface area contributed by atoms with E-state index in [-0.39, 0.29) is 29.5 Å². The number of carbonyl (C=O) groups excluding carboxylic acids is 3. The largest absolute Gasteiger partial charge is 0.449 e. The van der Waals surface area contributed by atoms with E-state index < -0.39 is 17.3 Å². The summed E-state index contributed by atoms with van der Waals surface area (Å²) < 4.78 is 5.53. The van der Waals surface area contributed by atoms with Crippen molar-refractivity contribution in [3.8, 4) is 0 Å². The van der Waals surface area contributed by atoms with Crippen LogP contribution in [0.3, 0.4) is 0 Å². The van der Waals surface area contributed by atoms with Gasteiger partial charge in [0.1, 0.15) is 5.03 Å². The van der Waals surface area contributed by atoms with E-state index in [2.05, 4.69) is 43.3 Å². The van der Waals surface area contributed by atoms with Crippen LogP contribution < -0.4 is 10.6 Å². The van der Waals surface area contributed by atoms with Gasteiger partial charge in [-0.05, 0) is 62.5 Å². The van der Waals surface area contributed by atoms with E-state index in [0.29, 0.717) is 28.7 Å². The number of amides is 2. The fraction of sp³-hybridized carbons (Fsp3) is 0.714. The third-order valence-electron chi connectivity index (χ3n) is 8.37. The van der Waals surface area contributed by atoms with E-state index >= 15 is 0 Å². The topological polar surface area (TPSA) is 97.4 Å². The number of carbonyl (C=O) groups is 3. The molecule has 36 heavy (non-hydrogen) atoms. The smallest absolute Gasteiger partial charge is 0.341 e.